The second kappa shape index (κ2) is 8.27. The zero-order valence-corrected chi connectivity index (χ0v) is 13.6. The predicted octanol–water partition coefficient (Wildman–Crippen LogP) is 1.58. The van der Waals surface area contributed by atoms with Crippen molar-refractivity contribution in [1.29, 1.82) is 0 Å². The number of nitrogens with one attached hydrogen (secondary N) is 1. The Morgan fingerprint density at radius 3 is 2.36 bits per heavy atom. The lowest BCUT2D eigenvalue weighted by molar-refractivity contribution is -0.138. The van der Waals surface area contributed by atoms with Crippen molar-refractivity contribution in [2.75, 3.05) is 13.2 Å². The van der Waals surface area contributed by atoms with E-state index in [9.17, 15) is 9.90 Å². The normalized spacial score (nSPS) is 24.9. The zero-order chi connectivity index (χ0) is 16.6. The average Bonchev–Trinajstić information content (AvgIpc) is 2.48. The molecule has 1 saturated heterocycles. The number of β-amino-alcohol motifs (C(OH)–C–C–N with tert-alkyl or cyclic N) is 1. The molecule has 5 nitrogen and oxygen atoms in total. The Kier molecular flexibility index (Phi) is 7.00. The first-order chi connectivity index (χ1) is 10.3. The highest BCUT2D eigenvalue weighted by molar-refractivity contribution is 5.37. The lowest BCUT2D eigenvalue weighted by Gasteiger charge is -2.36. The second-order valence-electron chi connectivity index (χ2n) is 6.52. The molecule has 0 bridgehead atoms. The van der Waals surface area contributed by atoms with E-state index < -0.39 is 5.60 Å². The fourth-order valence-corrected chi connectivity index (χ4v) is 2.21. The van der Waals surface area contributed by atoms with Gasteiger partial charge in [0, 0.05) is 12.6 Å². The topological polar surface area (TPSA) is 78.8 Å². The summed E-state index contributed by atoms with van der Waals surface area (Å²) in [5.74, 6) is 0. The van der Waals surface area contributed by atoms with Gasteiger partial charge in [-0.05, 0) is 39.2 Å². The number of piperidine rings is 1. The minimum atomic E-state index is -0.771. The number of hydrogen-bond acceptors (Lipinski definition) is 5. The van der Waals surface area contributed by atoms with Gasteiger partial charge in [0.15, 0.2) is 0 Å². The number of ether oxygens (including phenoxy) is 1. The Morgan fingerprint density at radius 1 is 1.36 bits per heavy atom. The van der Waals surface area contributed by atoms with Gasteiger partial charge < -0.3 is 20.3 Å². The fourth-order valence-electron chi connectivity index (χ4n) is 2.21. The molecule has 124 valence electrons. The summed E-state index contributed by atoms with van der Waals surface area (Å²) in [5.41, 5.74) is -0.136. The van der Waals surface area contributed by atoms with Crippen molar-refractivity contribution in [2.24, 2.45) is 0 Å². The SMILES string of the molecule is CC(C)(C)OC=O.OCC1CCC(O)(c2ccccc2)CN1. The van der Waals surface area contributed by atoms with Crippen LogP contribution in [0.3, 0.4) is 0 Å². The highest BCUT2D eigenvalue weighted by Gasteiger charge is 2.33. The highest BCUT2D eigenvalue weighted by Crippen LogP contribution is 2.29. The summed E-state index contributed by atoms with van der Waals surface area (Å²) >= 11 is 0. The van der Waals surface area contributed by atoms with Gasteiger partial charge in [-0.15, -0.1) is 0 Å². The molecule has 1 aromatic rings. The Hall–Kier alpha value is -1.43. The van der Waals surface area contributed by atoms with E-state index in [4.69, 9.17) is 5.11 Å². The van der Waals surface area contributed by atoms with Gasteiger partial charge in [0.05, 0.1) is 6.61 Å². The molecule has 0 aliphatic carbocycles. The number of aliphatic hydroxyl groups is 2. The standard InChI is InChI=1S/C12H17NO2.C5H10O2/c14-8-11-6-7-12(15,9-13-11)10-4-2-1-3-5-10;1-5(2,3)7-4-6/h1-5,11,13-15H,6-9H2;4H,1-3H3. The summed E-state index contributed by atoms with van der Waals surface area (Å²) in [7, 11) is 0. The van der Waals surface area contributed by atoms with Crippen LogP contribution in [0.1, 0.15) is 39.2 Å². The first-order valence-corrected chi connectivity index (χ1v) is 7.54. The molecule has 0 saturated carbocycles. The minimum absolute atomic E-state index is 0.133. The molecular weight excluding hydrogens is 282 g/mol. The molecule has 2 unspecified atom stereocenters. The molecule has 1 fully saturated rings. The molecule has 0 radical (unpaired) electrons. The monoisotopic (exact) mass is 309 g/mol. The molecule has 2 atom stereocenters. The number of carbonyl (C=O) groups excluding carboxylic acids is 1. The van der Waals surface area contributed by atoms with Crippen LogP contribution >= 0.6 is 0 Å². The third-order valence-electron chi connectivity index (χ3n) is 3.52. The Labute approximate surface area is 132 Å². The van der Waals surface area contributed by atoms with Gasteiger partial charge >= 0.3 is 0 Å². The van der Waals surface area contributed by atoms with E-state index in [1.165, 1.54) is 0 Å². The molecule has 1 aliphatic rings. The summed E-state index contributed by atoms with van der Waals surface area (Å²) < 4.78 is 4.55. The lowest BCUT2D eigenvalue weighted by Crippen LogP contribution is -2.49. The van der Waals surface area contributed by atoms with Crippen molar-refractivity contribution in [3.63, 3.8) is 0 Å². The Bertz CT molecular complexity index is 434. The molecule has 22 heavy (non-hydrogen) atoms. The lowest BCUT2D eigenvalue weighted by atomic mass is 9.84. The molecular formula is C17H27NO4. The second-order valence-corrected chi connectivity index (χ2v) is 6.52. The van der Waals surface area contributed by atoms with Crippen LogP contribution in [0.4, 0.5) is 0 Å². The molecule has 3 N–H and O–H groups in total. The molecule has 2 rings (SSSR count). The van der Waals surface area contributed by atoms with Crippen molar-refractivity contribution in [2.45, 2.75) is 50.9 Å². The quantitative estimate of drug-likeness (QED) is 0.739. The van der Waals surface area contributed by atoms with E-state index in [-0.39, 0.29) is 18.2 Å². The minimum Gasteiger partial charge on any atom is -0.462 e. The van der Waals surface area contributed by atoms with Crippen molar-refractivity contribution in [3.05, 3.63) is 35.9 Å². The van der Waals surface area contributed by atoms with E-state index >= 15 is 0 Å². The first kappa shape index (κ1) is 18.6. The van der Waals surface area contributed by atoms with Gasteiger partial charge in [-0.25, -0.2) is 0 Å². The van der Waals surface area contributed by atoms with Gasteiger partial charge in [0.25, 0.3) is 6.47 Å². The number of carbonyl (C=O) groups is 1. The largest absolute Gasteiger partial charge is 0.462 e. The third-order valence-corrected chi connectivity index (χ3v) is 3.52. The number of benzene rings is 1. The molecule has 0 aromatic heterocycles. The third kappa shape index (κ3) is 6.13. The molecule has 1 aliphatic heterocycles. The van der Waals surface area contributed by atoms with Crippen molar-refractivity contribution in [1.82, 2.24) is 5.32 Å². The van der Waals surface area contributed by atoms with Crippen molar-refractivity contribution in [3.8, 4) is 0 Å². The summed E-state index contributed by atoms with van der Waals surface area (Å²) in [6.45, 7) is 6.58. The van der Waals surface area contributed by atoms with E-state index in [0.29, 0.717) is 19.4 Å². The first-order valence-electron chi connectivity index (χ1n) is 7.54. The summed E-state index contributed by atoms with van der Waals surface area (Å²) in [6, 6.07) is 9.84. The van der Waals surface area contributed by atoms with Crippen LogP contribution in [0.15, 0.2) is 30.3 Å². The number of rotatable bonds is 3. The zero-order valence-electron chi connectivity index (χ0n) is 13.6. The van der Waals surface area contributed by atoms with Crippen LogP contribution in [-0.4, -0.2) is 41.5 Å². The Balaban J connectivity index is 0.000000295. The van der Waals surface area contributed by atoms with E-state index in [1.54, 1.807) is 0 Å². The molecule has 5 heteroatoms. The van der Waals surface area contributed by atoms with Gasteiger partial charge in [-0.1, -0.05) is 30.3 Å². The maximum absolute atomic E-state index is 10.4. The highest BCUT2D eigenvalue weighted by atomic mass is 16.5. The van der Waals surface area contributed by atoms with E-state index in [2.05, 4.69) is 10.1 Å². The van der Waals surface area contributed by atoms with Crippen LogP contribution in [0.25, 0.3) is 0 Å². The van der Waals surface area contributed by atoms with Crippen molar-refractivity contribution < 1.29 is 19.7 Å². The van der Waals surface area contributed by atoms with Crippen LogP contribution < -0.4 is 5.32 Å². The van der Waals surface area contributed by atoms with Gasteiger partial charge in [0.2, 0.25) is 0 Å². The number of aliphatic hydroxyl groups excluding tert-OH is 1. The van der Waals surface area contributed by atoms with Crippen LogP contribution in [-0.2, 0) is 15.1 Å². The van der Waals surface area contributed by atoms with E-state index in [0.717, 1.165) is 12.0 Å². The molecule has 0 amide bonds. The fraction of sp³-hybridized carbons (Fsp3) is 0.588. The van der Waals surface area contributed by atoms with Crippen LogP contribution in [0, 0.1) is 0 Å². The van der Waals surface area contributed by atoms with Gasteiger partial charge in [-0.3, -0.25) is 4.79 Å². The average molecular weight is 309 g/mol. The van der Waals surface area contributed by atoms with E-state index in [1.807, 2.05) is 51.1 Å². The van der Waals surface area contributed by atoms with Gasteiger partial charge in [0.1, 0.15) is 11.2 Å². The molecule has 0 spiro atoms. The maximum atomic E-state index is 10.4. The predicted molar refractivity (Wildman–Crippen MR) is 85.4 cm³/mol. The van der Waals surface area contributed by atoms with Crippen LogP contribution in [0.2, 0.25) is 0 Å². The summed E-state index contributed by atoms with van der Waals surface area (Å²) in [6.07, 6.45) is 1.51. The summed E-state index contributed by atoms with van der Waals surface area (Å²) in [4.78, 5) is 9.60. The Morgan fingerprint density at radius 2 is 2.00 bits per heavy atom. The smallest absolute Gasteiger partial charge is 0.293 e. The maximum Gasteiger partial charge on any atom is 0.293 e. The van der Waals surface area contributed by atoms with Crippen LogP contribution in [0.5, 0.6) is 0 Å². The number of hydrogen-bond donors (Lipinski definition) is 3. The van der Waals surface area contributed by atoms with Gasteiger partial charge in [-0.2, -0.15) is 0 Å². The summed E-state index contributed by atoms with van der Waals surface area (Å²) in [5, 5.41) is 22.6. The molecule has 1 heterocycles. The van der Waals surface area contributed by atoms with Crippen molar-refractivity contribution >= 4 is 6.47 Å². The molecule has 1 aromatic carbocycles.